The molecule has 0 spiro atoms. The van der Waals surface area contributed by atoms with Gasteiger partial charge in [-0.25, -0.2) is 13.1 Å². The van der Waals surface area contributed by atoms with Crippen molar-refractivity contribution in [2.75, 3.05) is 6.54 Å². The van der Waals surface area contributed by atoms with E-state index < -0.39 is 10.0 Å². The molecule has 0 bridgehead atoms. The number of primary amides is 1. The van der Waals surface area contributed by atoms with E-state index in [1.54, 1.807) is 12.1 Å². The molecule has 6 nitrogen and oxygen atoms in total. The molecule has 1 rings (SSSR count). The van der Waals surface area contributed by atoms with Crippen molar-refractivity contribution >= 4 is 15.9 Å². The normalized spacial score (nSPS) is 11.4. The molecular weight excluding hydrogens is 278 g/mol. The van der Waals surface area contributed by atoms with Crippen molar-refractivity contribution in [1.29, 1.82) is 0 Å². The lowest BCUT2D eigenvalue weighted by Crippen LogP contribution is -2.26. The highest BCUT2D eigenvalue weighted by atomic mass is 32.2. The Labute approximate surface area is 119 Å². The van der Waals surface area contributed by atoms with Crippen LogP contribution in [-0.2, 0) is 27.1 Å². The largest absolute Gasteiger partial charge is 0.370 e. The number of unbranched alkanes of at least 4 members (excludes halogenated alkanes) is 1. The van der Waals surface area contributed by atoms with Gasteiger partial charge in [0.2, 0.25) is 15.9 Å². The van der Waals surface area contributed by atoms with Gasteiger partial charge in [0, 0.05) is 19.5 Å². The number of nitrogens with two attached hydrogens (primary N) is 2. The third kappa shape index (κ3) is 6.65. The molecule has 112 valence electrons. The molecule has 0 heterocycles. The maximum Gasteiger partial charge on any atom is 0.217 e. The Hall–Kier alpha value is -1.44. The van der Waals surface area contributed by atoms with Gasteiger partial charge in [0.25, 0.3) is 0 Å². The van der Waals surface area contributed by atoms with Gasteiger partial charge in [0.15, 0.2) is 0 Å². The van der Waals surface area contributed by atoms with Gasteiger partial charge >= 0.3 is 0 Å². The molecule has 0 saturated heterocycles. The van der Waals surface area contributed by atoms with Crippen LogP contribution in [0.5, 0.6) is 0 Å². The molecule has 0 aromatic heterocycles. The zero-order chi connectivity index (χ0) is 15.0. The summed E-state index contributed by atoms with van der Waals surface area (Å²) in [6, 6.07) is 7.15. The molecule has 20 heavy (non-hydrogen) atoms. The van der Waals surface area contributed by atoms with E-state index in [0.717, 1.165) is 5.56 Å². The first-order chi connectivity index (χ1) is 9.43. The standard InChI is InChI=1S/C13H21N3O3S/c14-9-11-4-6-12(7-5-11)10-20(18,19)16-8-2-1-3-13(15)17/h4-7,16H,1-3,8-10,14H2,(H2,15,17). The van der Waals surface area contributed by atoms with Gasteiger partial charge in [0.05, 0.1) is 5.75 Å². The predicted molar refractivity (Wildman–Crippen MR) is 78.0 cm³/mol. The minimum atomic E-state index is -3.35. The highest BCUT2D eigenvalue weighted by molar-refractivity contribution is 7.88. The van der Waals surface area contributed by atoms with Crippen LogP contribution >= 0.6 is 0 Å². The van der Waals surface area contributed by atoms with Gasteiger partial charge in [0.1, 0.15) is 0 Å². The van der Waals surface area contributed by atoms with E-state index in [9.17, 15) is 13.2 Å². The van der Waals surface area contributed by atoms with E-state index in [-0.39, 0.29) is 18.1 Å². The summed E-state index contributed by atoms with van der Waals surface area (Å²) in [6.07, 6.45) is 1.46. The third-order valence-corrected chi connectivity index (χ3v) is 4.14. The number of carbonyl (C=O) groups is 1. The van der Waals surface area contributed by atoms with E-state index >= 15 is 0 Å². The molecule has 0 atom stereocenters. The molecule has 0 aliphatic rings. The van der Waals surface area contributed by atoms with Crippen LogP contribution in [0, 0.1) is 0 Å². The average Bonchev–Trinajstić information content (AvgIpc) is 2.38. The van der Waals surface area contributed by atoms with Gasteiger partial charge in [-0.2, -0.15) is 0 Å². The fourth-order valence-corrected chi connectivity index (χ4v) is 2.88. The monoisotopic (exact) mass is 299 g/mol. The maximum atomic E-state index is 11.8. The average molecular weight is 299 g/mol. The smallest absolute Gasteiger partial charge is 0.217 e. The third-order valence-electron chi connectivity index (χ3n) is 2.79. The van der Waals surface area contributed by atoms with Crippen LogP contribution in [0.3, 0.4) is 0 Å². The Kier molecular flexibility index (Phi) is 6.63. The molecule has 1 aromatic rings. The predicted octanol–water partition coefficient (Wildman–Crippen LogP) is 0.220. The zero-order valence-corrected chi connectivity index (χ0v) is 12.2. The molecule has 0 aliphatic heterocycles. The molecule has 0 aliphatic carbocycles. The minimum absolute atomic E-state index is 0.0618. The summed E-state index contributed by atoms with van der Waals surface area (Å²) in [5, 5.41) is 0. The van der Waals surface area contributed by atoms with Crippen molar-refractivity contribution in [3.8, 4) is 0 Å². The fraction of sp³-hybridized carbons (Fsp3) is 0.462. The summed E-state index contributed by atoms with van der Waals surface area (Å²) in [5.74, 6) is -0.430. The van der Waals surface area contributed by atoms with Gasteiger partial charge in [-0.05, 0) is 24.0 Å². The van der Waals surface area contributed by atoms with Crippen LogP contribution in [-0.4, -0.2) is 20.9 Å². The molecule has 0 unspecified atom stereocenters. The first-order valence-electron chi connectivity index (χ1n) is 6.46. The first kappa shape index (κ1) is 16.6. The number of hydrogen-bond acceptors (Lipinski definition) is 4. The molecule has 1 amide bonds. The van der Waals surface area contributed by atoms with E-state index in [1.165, 1.54) is 0 Å². The van der Waals surface area contributed by atoms with Crippen molar-refractivity contribution in [3.63, 3.8) is 0 Å². The van der Waals surface area contributed by atoms with Crippen LogP contribution in [0.4, 0.5) is 0 Å². The first-order valence-corrected chi connectivity index (χ1v) is 8.12. The highest BCUT2D eigenvalue weighted by Gasteiger charge is 2.10. The Bertz CT molecular complexity index is 526. The van der Waals surface area contributed by atoms with Crippen molar-refractivity contribution in [2.24, 2.45) is 11.5 Å². The lowest BCUT2D eigenvalue weighted by molar-refractivity contribution is -0.118. The van der Waals surface area contributed by atoms with E-state index in [4.69, 9.17) is 11.5 Å². The van der Waals surface area contributed by atoms with Gasteiger partial charge in [-0.3, -0.25) is 4.79 Å². The Morgan fingerprint density at radius 2 is 1.70 bits per heavy atom. The van der Waals surface area contributed by atoms with Crippen LogP contribution in [0.25, 0.3) is 0 Å². The van der Waals surface area contributed by atoms with Crippen LogP contribution in [0.1, 0.15) is 30.4 Å². The summed E-state index contributed by atoms with van der Waals surface area (Å²) >= 11 is 0. The second-order valence-corrected chi connectivity index (χ2v) is 6.40. The van der Waals surface area contributed by atoms with Gasteiger partial charge < -0.3 is 11.5 Å². The molecule has 5 N–H and O–H groups in total. The Morgan fingerprint density at radius 1 is 1.10 bits per heavy atom. The van der Waals surface area contributed by atoms with Crippen LogP contribution < -0.4 is 16.2 Å². The molecule has 0 saturated carbocycles. The second kappa shape index (κ2) is 7.98. The highest BCUT2D eigenvalue weighted by Crippen LogP contribution is 2.07. The van der Waals surface area contributed by atoms with Crippen molar-refractivity contribution < 1.29 is 13.2 Å². The Balaban J connectivity index is 2.38. The van der Waals surface area contributed by atoms with Crippen molar-refractivity contribution in [1.82, 2.24) is 4.72 Å². The molecule has 0 fully saturated rings. The quantitative estimate of drug-likeness (QED) is 0.566. The van der Waals surface area contributed by atoms with Gasteiger partial charge in [-0.15, -0.1) is 0 Å². The number of nitrogens with one attached hydrogen (secondary N) is 1. The van der Waals surface area contributed by atoms with Gasteiger partial charge in [-0.1, -0.05) is 24.3 Å². The molecule has 0 radical (unpaired) electrons. The van der Waals surface area contributed by atoms with E-state index in [2.05, 4.69) is 4.72 Å². The lowest BCUT2D eigenvalue weighted by Gasteiger charge is -2.07. The number of hydrogen-bond donors (Lipinski definition) is 3. The number of rotatable bonds is 9. The minimum Gasteiger partial charge on any atom is -0.370 e. The summed E-state index contributed by atoms with van der Waals surface area (Å²) in [7, 11) is -3.35. The molecule has 7 heteroatoms. The number of amides is 1. The van der Waals surface area contributed by atoms with Crippen LogP contribution in [0.2, 0.25) is 0 Å². The van der Waals surface area contributed by atoms with E-state index in [1.807, 2.05) is 12.1 Å². The number of sulfonamides is 1. The zero-order valence-electron chi connectivity index (χ0n) is 11.3. The number of benzene rings is 1. The number of carbonyl (C=O) groups excluding carboxylic acids is 1. The molecule has 1 aromatic carbocycles. The summed E-state index contributed by atoms with van der Waals surface area (Å²) in [5.41, 5.74) is 12.2. The summed E-state index contributed by atoms with van der Waals surface area (Å²) in [6.45, 7) is 0.752. The van der Waals surface area contributed by atoms with Crippen molar-refractivity contribution in [2.45, 2.75) is 31.6 Å². The SMILES string of the molecule is NCc1ccc(CS(=O)(=O)NCCCCC(N)=O)cc1. The fourth-order valence-electron chi connectivity index (χ4n) is 1.69. The Morgan fingerprint density at radius 3 is 2.25 bits per heavy atom. The van der Waals surface area contributed by atoms with Crippen molar-refractivity contribution in [3.05, 3.63) is 35.4 Å². The summed E-state index contributed by atoms with van der Waals surface area (Å²) < 4.78 is 26.2. The summed E-state index contributed by atoms with van der Waals surface area (Å²) in [4.78, 5) is 10.5. The second-order valence-electron chi connectivity index (χ2n) is 4.60. The lowest BCUT2D eigenvalue weighted by atomic mass is 10.1. The van der Waals surface area contributed by atoms with E-state index in [0.29, 0.717) is 31.5 Å². The maximum absolute atomic E-state index is 11.8. The van der Waals surface area contributed by atoms with Crippen LogP contribution in [0.15, 0.2) is 24.3 Å². The topological polar surface area (TPSA) is 115 Å². The molecular formula is C13H21N3O3S.